The fourth-order valence-corrected chi connectivity index (χ4v) is 9.20. The molecular formula is C34H42ClN3O6S. The van der Waals surface area contributed by atoms with Crippen molar-refractivity contribution in [1.29, 1.82) is 0 Å². The van der Waals surface area contributed by atoms with Gasteiger partial charge in [0, 0.05) is 42.1 Å². The zero-order valence-electron chi connectivity index (χ0n) is 26.2. The molecule has 0 saturated heterocycles. The number of nitrogens with zero attached hydrogens (tertiary/aromatic N) is 2. The van der Waals surface area contributed by atoms with Crippen molar-refractivity contribution in [3.05, 3.63) is 70.3 Å². The van der Waals surface area contributed by atoms with Crippen LogP contribution in [-0.4, -0.2) is 54.9 Å². The molecule has 242 valence electrons. The minimum absolute atomic E-state index is 0.00411. The van der Waals surface area contributed by atoms with Gasteiger partial charge in [-0.1, -0.05) is 36.7 Å². The first-order chi connectivity index (χ1) is 21.6. The molecule has 2 aromatic carbocycles. The number of methoxy groups -OCH3 is 1. The van der Waals surface area contributed by atoms with Gasteiger partial charge >= 0.3 is 6.09 Å². The topological polar surface area (TPSA) is 107 Å². The molecule has 2 amide bonds. The van der Waals surface area contributed by atoms with Crippen LogP contribution in [0.3, 0.4) is 0 Å². The summed E-state index contributed by atoms with van der Waals surface area (Å²) in [6, 6.07) is 11.4. The van der Waals surface area contributed by atoms with Gasteiger partial charge in [0.25, 0.3) is 5.91 Å². The summed E-state index contributed by atoms with van der Waals surface area (Å²) in [5.41, 5.74) is 3.69. The van der Waals surface area contributed by atoms with Crippen LogP contribution in [0.1, 0.15) is 67.4 Å². The number of carbonyl (C=O) groups excluding carboxylic acids is 2. The maximum absolute atomic E-state index is 13.9. The molecule has 2 bridgehead atoms. The van der Waals surface area contributed by atoms with E-state index in [0.717, 1.165) is 37.9 Å². The molecule has 0 aromatic heterocycles. The highest BCUT2D eigenvalue weighted by molar-refractivity contribution is 7.92. The Kier molecular flexibility index (Phi) is 8.93. The van der Waals surface area contributed by atoms with Crippen LogP contribution in [0.5, 0.6) is 5.75 Å². The number of carbonyl (C=O) groups is 2. The number of amides is 2. The smallest absolute Gasteiger partial charge is 0.419 e. The van der Waals surface area contributed by atoms with Crippen LogP contribution in [0, 0.1) is 16.7 Å². The van der Waals surface area contributed by atoms with E-state index >= 15 is 0 Å². The Morgan fingerprint density at radius 3 is 2.82 bits per heavy atom. The SMILES string of the molecule is CCOC(=O)N[S@@]1(=O)=NC(=O)c2ccc3c(c2)N(Cc2ccc(Cl)cc2CCCCO3)C[C@]23C[C@@]2(C)[C@H]3[C@@H](OC)/C=C/CCC1. The molecule has 0 radical (unpaired) electrons. The minimum Gasteiger partial charge on any atom is -0.491 e. The summed E-state index contributed by atoms with van der Waals surface area (Å²) in [5, 5.41) is 0.716. The Morgan fingerprint density at radius 2 is 2.04 bits per heavy atom. The van der Waals surface area contributed by atoms with Crippen LogP contribution in [0.4, 0.5) is 10.5 Å². The number of ether oxygens (including phenoxy) is 3. The monoisotopic (exact) mass is 655 g/mol. The Hall–Kier alpha value is -3.08. The van der Waals surface area contributed by atoms with Crippen LogP contribution in [-0.2, 0) is 32.4 Å². The zero-order chi connectivity index (χ0) is 31.8. The van der Waals surface area contributed by atoms with Crippen LogP contribution in [0.25, 0.3) is 0 Å². The van der Waals surface area contributed by atoms with Crippen molar-refractivity contribution < 1.29 is 28.0 Å². The summed E-state index contributed by atoms with van der Waals surface area (Å²) >= 11 is 6.44. The summed E-state index contributed by atoms with van der Waals surface area (Å²) in [4.78, 5) is 28.3. The number of halogens is 1. The molecule has 1 N–H and O–H groups in total. The number of hydrogen-bond acceptors (Lipinski definition) is 7. The lowest BCUT2D eigenvalue weighted by atomic mass is 9.94. The van der Waals surface area contributed by atoms with Crippen LogP contribution in [0.15, 0.2) is 52.9 Å². The molecule has 0 unspecified atom stereocenters. The fourth-order valence-electron chi connectivity index (χ4n) is 7.52. The second kappa shape index (κ2) is 12.6. The van der Waals surface area contributed by atoms with E-state index in [0.29, 0.717) is 42.7 Å². The van der Waals surface area contributed by atoms with E-state index in [2.05, 4.69) is 39.1 Å². The lowest BCUT2D eigenvalue weighted by molar-refractivity contribution is 0.0896. The molecule has 6 rings (SSSR count). The summed E-state index contributed by atoms with van der Waals surface area (Å²) in [6.45, 7) is 6.01. The van der Waals surface area contributed by atoms with Crippen LogP contribution in [0.2, 0.25) is 5.02 Å². The predicted molar refractivity (Wildman–Crippen MR) is 175 cm³/mol. The van der Waals surface area contributed by atoms with E-state index in [1.807, 2.05) is 18.2 Å². The molecule has 4 aliphatic rings. The number of rotatable bonds is 3. The molecule has 1 spiro atoms. The number of fused-ring (bicyclic) bond motifs is 3. The highest BCUT2D eigenvalue weighted by Gasteiger charge is 2.89. The summed E-state index contributed by atoms with van der Waals surface area (Å²) < 4.78 is 37.7. The van der Waals surface area contributed by atoms with Gasteiger partial charge in [-0.25, -0.2) is 13.7 Å². The van der Waals surface area contributed by atoms with E-state index in [-0.39, 0.29) is 34.9 Å². The Morgan fingerprint density at radius 1 is 1.20 bits per heavy atom. The second-order valence-corrected chi connectivity index (χ2v) is 15.3. The molecule has 45 heavy (non-hydrogen) atoms. The van der Waals surface area contributed by atoms with Crippen molar-refractivity contribution in [1.82, 2.24) is 4.72 Å². The summed E-state index contributed by atoms with van der Waals surface area (Å²) in [6.07, 6.45) is 8.13. The third-order valence-electron chi connectivity index (χ3n) is 10.0. The van der Waals surface area contributed by atoms with Crippen molar-refractivity contribution in [3.63, 3.8) is 0 Å². The summed E-state index contributed by atoms with van der Waals surface area (Å²) in [5.74, 6) is 0.377. The van der Waals surface area contributed by atoms with Gasteiger partial charge < -0.3 is 19.1 Å². The number of hydrogen-bond donors (Lipinski definition) is 1. The normalized spacial score (nSPS) is 31.8. The van der Waals surface area contributed by atoms with Gasteiger partial charge in [0.05, 0.1) is 30.8 Å². The van der Waals surface area contributed by atoms with Gasteiger partial charge in [-0.15, -0.1) is 4.36 Å². The maximum atomic E-state index is 13.9. The van der Waals surface area contributed by atoms with Crippen molar-refractivity contribution in [2.45, 2.75) is 65.0 Å². The molecule has 9 nitrogen and oxygen atoms in total. The van der Waals surface area contributed by atoms with Gasteiger partial charge in [0.1, 0.15) is 15.7 Å². The Labute approximate surface area is 270 Å². The molecule has 5 atom stereocenters. The van der Waals surface area contributed by atoms with Crippen molar-refractivity contribution >= 4 is 39.2 Å². The molecule has 2 saturated carbocycles. The molecule has 2 aliphatic carbocycles. The third-order valence-corrected chi connectivity index (χ3v) is 12.0. The van der Waals surface area contributed by atoms with Crippen molar-refractivity contribution in [2.24, 2.45) is 21.1 Å². The third kappa shape index (κ3) is 6.33. The quantitative estimate of drug-likeness (QED) is 0.366. The van der Waals surface area contributed by atoms with E-state index < -0.39 is 21.9 Å². The van der Waals surface area contributed by atoms with Gasteiger partial charge in [-0.2, -0.15) is 0 Å². The Bertz CT molecular complexity index is 1640. The first-order valence-corrected chi connectivity index (χ1v) is 17.9. The average Bonchev–Trinajstić information content (AvgIpc) is 3.77. The highest BCUT2D eigenvalue weighted by atomic mass is 35.5. The van der Waals surface area contributed by atoms with E-state index in [1.54, 1.807) is 26.2 Å². The molecular weight excluding hydrogens is 614 g/mol. The van der Waals surface area contributed by atoms with Crippen molar-refractivity contribution in [2.75, 3.05) is 37.5 Å². The standard InChI is InChI=1S/C34H42ClN3O6S/c1-4-43-32(40)37-45(41)17-9-5-6-11-29(42-3)30-33(2)21-34(30,33)22-38-20-25-12-14-26(35)18-23(25)10-7-8-16-44-28-15-13-24(19-27(28)38)31(39)36-45/h6,11-15,18-19,29-30H,4-5,7-10,16-17,20-22H2,1-3H3,(H,36,37,39,40,41)/b11-6+/t29-,30+,33-,34-,45-/m0/s1. The summed E-state index contributed by atoms with van der Waals surface area (Å²) in [7, 11) is -1.69. The molecule has 2 fully saturated rings. The molecule has 2 heterocycles. The second-order valence-electron chi connectivity index (χ2n) is 12.8. The van der Waals surface area contributed by atoms with Gasteiger partial charge in [-0.3, -0.25) is 4.79 Å². The van der Waals surface area contributed by atoms with Crippen LogP contribution < -0.4 is 14.4 Å². The van der Waals surface area contributed by atoms with Gasteiger partial charge in [0.15, 0.2) is 0 Å². The number of nitrogens with one attached hydrogen (secondary N) is 1. The molecule has 11 heteroatoms. The largest absolute Gasteiger partial charge is 0.491 e. The lowest BCUT2D eigenvalue weighted by Crippen LogP contribution is -2.34. The molecule has 2 aromatic rings. The lowest BCUT2D eigenvalue weighted by Gasteiger charge is -2.31. The Balaban J connectivity index is 1.46. The number of allylic oxidation sites excluding steroid dienone is 1. The van der Waals surface area contributed by atoms with Gasteiger partial charge in [-0.05, 0) is 92.3 Å². The molecule has 2 aliphatic heterocycles. The van der Waals surface area contributed by atoms with E-state index in [9.17, 15) is 13.8 Å². The van der Waals surface area contributed by atoms with E-state index in [1.165, 1.54) is 11.1 Å². The predicted octanol–water partition coefficient (Wildman–Crippen LogP) is 6.72. The van der Waals surface area contributed by atoms with Crippen molar-refractivity contribution in [3.8, 4) is 5.75 Å². The number of aryl methyl sites for hydroxylation is 1. The first kappa shape index (κ1) is 31.9. The highest BCUT2D eigenvalue weighted by Crippen LogP contribution is 2.91. The fraction of sp³-hybridized carbons (Fsp3) is 0.529. The minimum atomic E-state index is -3.45. The first-order valence-electron chi connectivity index (χ1n) is 15.8. The zero-order valence-corrected chi connectivity index (χ0v) is 27.8. The van der Waals surface area contributed by atoms with E-state index in [4.69, 9.17) is 25.8 Å². The maximum Gasteiger partial charge on any atom is 0.419 e. The van der Waals surface area contributed by atoms with Crippen LogP contribution >= 0.6 is 11.6 Å². The number of benzene rings is 2. The van der Waals surface area contributed by atoms with Gasteiger partial charge in [0.2, 0.25) is 0 Å². The average molecular weight is 656 g/mol. The number of anilines is 1.